The van der Waals surface area contributed by atoms with Gasteiger partial charge in [0.1, 0.15) is 0 Å². The Balaban J connectivity index is 1.29. The Kier molecular flexibility index (Phi) is 4.41. The minimum Gasteiger partial charge on any atom is -0.386 e. The van der Waals surface area contributed by atoms with Crippen LogP contribution in [0.4, 0.5) is 0 Å². The van der Waals surface area contributed by atoms with Gasteiger partial charge in [0.25, 0.3) is 0 Å². The molecule has 0 spiro atoms. The number of rotatable bonds is 2. The summed E-state index contributed by atoms with van der Waals surface area (Å²) in [6.07, 6.45) is 0. The lowest BCUT2D eigenvalue weighted by Crippen LogP contribution is -2.12. The van der Waals surface area contributed by atoms with E-state index in [0.717, 1.165) is 43.1 Å². The largest absolute Gasteiger partial charge is 0.386 e. The number of carbonyl (C=O) groups excluding carboxylic acids is 2. The molecule has 0 aliphatic heterocycles. The molecule has 156 valence electrons. The molecule has 0 bridgehead atoms. The normalized spacial score (nSPS) is 11.3. The minimum atomic E-state index is -0.659. The highest BCUT2D eigenvalue weighted by atomic mass is 16.6. The van der Waals surface area contributed by atoms with Crippen LogP contribution in [-0.2, 0) is 4.74 Å². The lowest BCUT2D eigenvalue weighted by Gasteiger charge is -2.07. The fraction of sp³-hybridized carbons (Fsp3) is 0. The third kappa shape index (κ3) is 3.50. The van der Waals surface area contributed by atoms with Crippen molar-refractivity contribution >= 4 is 55.0 Å². The van der Waals surface area contributed by atoms with Gasteiger partial charge >= 0.3 is 11.9 Å². The van der Waals surface area contributed by atoms with Gasteiger partial charge in [0, 0.05) is 0 Å². The SMILES string of the molecule is O=C(OC(=O)c1ccc2cc3ccccc3cc2c1)c1ccc2cc3ccccc3cc2c1. The molecule has 0 saturated heterocycles. The summed E-state index contributed by atoms with van der Waals surface area (Å²) >= 11 is 0. The van der Waals surface area contributed by atoms with E-state index in [0.29, 0.717) is 11.1 Å². The van der Waals surface area contributed by atoms with Gasteiger partial charge in [0.15, 0.2) is 0 Å². The number of hydrogen-bond donors (Lipinski definition) is 0. The van der Waals surface area contributed by atoms with Crippen molar-refractivity contribution in [1.29, 1.82) is 0 Å². The topological polar surface area (TPSA) is 43.4 Å². The van der Waals surface area contributed by atoms with Crippen LogP contribution in [0.2, 0.25) is 0 Å². The van der Waals surface area contributed by atoms with E-state index in [1.165, 1.54) is 0 Å². The molecule has 6 aromatic rings. The molecule has 0 amide bonds. The van der Waals surface area contributed by atoms with Crippen LogP contribution in [0, 0.1) is 0 Å². The van der Waals surface area contributed by atoms with E-state index in [1.54, 1.807) is 24.3 Å². The molecule has 0 saturated carbocycles. The van der Waals surface area contributed by atoms with Crippen molar-refractivity contribution in [1.82, 2.24) is 0 Å². The van der Waals surface area contributed by atoms with Crippen molar-refractivity contribution in [2.24, 2.45) is 0 Å². The number of carbonyl (C=O) groups is 2. The fourth-order valence-corrected chi connectivity index (χ4v) is 4.34. The van der Waals surface area contributed by atoms with Crippen molar-refractivity contribution < 1.29 is 14.3 Å². The smallest absolute Gasteiger partial charge is 0.346 e. The summed E-state index contributed by atoms with van der Waals surface area (Å²) < 4.78 is 5.22. The molecule has 33 heavy (non-hydrogen) atoms. The average molecular weight is 426 g/mol. The second-order valence-electron chi connectivity index (χ2n) is 8.20. The number of ether oxygens (including phenoxy) is 1. The van der Waals surface area contributed by atoms with Gasteiger partial charge in [-0.15, -0.1) is 0 Å². The third-order valence-corrected chi connectivity index (χ3v) is 6.07. The predicted molar refractivity (Wildman–Crippen MR) is 133 cm³/mol. The van der Waals surface area contributed by atoms with Crippen LogP contribution in [0.25, 0.3) is 43.1 Å². The van der Waals surface area contributed by atoms with Crippen LogP contribution in [-0.4, -0.2) is 11.9 Å². The third-order valence-electron chi connectivity index (χ3n) is 6.07. The van der Waals surface area contributed by atoms with Crippen molar-refractivity contribution in [2.75, 3.05) is 0 Å². The lowest BCUT2D eigenvalue weighted by molar-refractivity contribution is 0.0398. The minimum absolute atomic E-state index is 0.345. The molecule has 3 heteroatoms. The van der Waals surface area contributed by atoms with Gasteiger partial charge in [-0.1, -0.05) is 60.7 Å². The Bertz CT molecular complexity index is 1600. The zero-order valence-corrected chi connectivity index (χ0v) is 17.6. The fourth-order valence-electron chi connectivity index (χ4n) is 4.34. The van der Waals surface area contributed by atoms with Crippen molar-refractivity contribution in [2.45, 2.75) is 0 Å². The van der Waals surface area contributed by atoms with Gasteiger partial charge in [-0.25, -0.2) is 9.59 Å². The van der Waals surface area contributed by atoms with E-state index in [2.05, 4.69) is 24.3 Å². The Morgan fingerprint density at radius 2 is 0.727 bits per heavy atom. The number of benzene rings is 6. The molecule has 0 radical (unpaired) electrons. The molecule has 6 rings (SSSR count). The van der Waals surface area contributed by atoms with E-state index >= 15 is 0 Å². The Labute approximate surface area is 189 Å². The molecule has 0 N–H and O–H groups in total. The van der Waals surface area contributed by atoms with E-state index in [1.807, 2.05) is 60.7 Å². The number of hydrogen-bond acceptors (Lipinski definition) is 3. The molecule has 0 heterocycles. The molecular formula is C30H18O3. The highest BCUT2D eigenvalue weighted by Gasteiger charge is 2.16. The quantitative estimate of drug-likeness (QED) is 0.166. The number of esters is 2. The van der Waals surface area contributed by atoms with Gasteiger partial charge in [-0.05, 0) is 91.6 Å². The van der Waals surface area contributed by atoms with E-state index in [-0.39, 0.29) is 0 Å². The first kappa shape index (κ1) is 19.2. The van der Waals surface area contributed by atoms with Crippen molar-refractivity contribution in [3.05, 3.63) is 120 Å². The molecule has 0 aliphatic rings. The maximum atomic E-state index is 12.7. The van der Waals surface area contributed by atoms with Gasteiger partial charge in [0.05, 0.1) is 11.1 Å². The summed E-state index contributed by atoms with van der Waals surface area (Å²) in [5.41, 5.74) is 0.691. The van der Waals surface area contributed by atoms with E-state index in [4.69, 9.17) is 4.74 Å². The first-order valence-corrected chi connectivity index (χ1v) is 10.8. The summed E-state index contributed by atoms with van der Waals surface area (Å²) in [5, 5.41) is 8.36. The average Bonchev–Trinajstić information content (AvgIpc) is 2.85. The summed E-state index contributed by atoms with van der Waals surface area (Å²) in [6.45, 7) is 0. The maximum Gasteiger partial charge on any atom is 0.346 e. The lowest BCUT2D eigenvalue weighted by atomic mass is 10.0. The molecule has 0 aromatic heterocycles. The highest BCUT2D eigenvalue weighted by Crippen LogP contribution is 2.26. The van der Waals surface area contributed by atoms with Crippen molar-refractivity contribution in [3.63, 3.8) is 0 Å². The molecule has 0 fully saturated rings. The van der Waals surface area contributed by atoms with E-state index in [9.17, 15) is 9.59 Å². The van der Waals surface area contributed by atoms with Gasteiger partial charge in [-0.3, -0.25) is 0 Å². The van der Waals surface area contributed by atoms with Crippen LogP contribution in [0.1, 0.15) is 20.7 Å². The number of fused-ring (bicyclic) bond motifs is 4. The Morgan fingerprint density at radius 3 is 1.12 bits per heavy atom. The molecular weight excluding hydrogens is 408 g/mol. The van der Waals surface area contributed by atoms with Crippen LogP contribution in [0.5, 0.6) is 0 Å². The van der Waals surface area contributed by atoms with Gasteiger partial charge in [0.2, 0.25) is 0 Å². The standard InChI is InChI=1S/C30H18O3/c31-29(25-11-9-23-13-19-5-1-3-7-21(19)15-27(23)17-25)33-30(32)26-12-10-24-14-20-6-2-4-8-22(20)16-28(24)18-26/h1-18H. The van der Waals surface area contributed by atoms with Crippen molar-refractivity contribution in [3.8, 4) is 0 Å². The molecule has 3 nitrogen and oxygen atoms in total. The summed E-state index contributed by atoms with van der Waals surface area (Å²) in [7, 11) is 0. The summed E-state index contributed by atoms with van der Waals surface area (Å²) in [5.74, 6) is -1.32. The first-order valence-electron chi connectivity index (χ1n) is 10.8. The zero-order valence-electron chi connectivity index (χ0n) is 17.6. The van der Waals surface area contributed by atoms with Crippen LogP contribution in [0.3, 0.4) is 0 Å². The summed E-state index contributed by atoms with van der Waals surface area (Å²) in [6, 6.07) is 35.1. The molecule has 6 aromatic carbocycles. The maximum absolute atomic E-state index is 12.7. The summed E-state index contributed by atoms with van der Waals surface area (Å²) in [4.78, 5) is 25.5. The second kappa shape index (κ2) is 7.57. The first-order chi connectivity index (χ1) is 16.1. The van der Waals surface area contributed by atoms with Gasteiger partial charge in [-0.2, -0.15) is 0 Å². The highest BCUT2D eigenvalue weighted by molar-refractivity contribution is 6.07. The Morgan fingerprint density at radius 1 is 0.394 bits per heavy atom. The monoisotopic (exact) mass is 426 g/mol. The van der Waals surface area contributed by atoms with Crippen LogP contribution < -0.4 is 0 Å². The molecule has 0 aliphatic carbocycles. The van der Waals surface area contributed by atoms with Crippen LogP contribution in [0.15, 0.2) is 109 Å². The van der Waals surface area contributed by atoms with E-state index < -0.39 is 11.9 Å². The van der Waals surface area contributed by atoms with Gasteiger partial charge < -0.3 is 4.74 Å². The predicted octanol–water partition coefficient (Wildman–Crippen LogP) is 7.30. The van der Waals surface area contributed by atoms with Crippen LogP contribution >= 0.6 is 0 Å². The molecule has 0 unspecified atom stereocenters. The molecule has 0 atom stereocenters. The second-order valence-corrected chi connectivity index (χ2v) is 8.20. The Hall–Kier alpha value is -4.50. The zero-order chi connectivity index (χ0) is 22.4.